The molecule has 3 heteroatoms. The molecule has 3 nitrogen and oxygen atoms in total. The molecule has 12 heavy (non-hydrogen) atoms. The van der Waals surface area contributed by atoms with Crippen molar-refractivity contribution in [3.05, 3.63) is 0 Å². The van der Waals surface area contributed by atoms with Crippen LogP contribution >= 0.6 is 0 Å². The maximum atomic E-state index is 5.11. The van der Waals surface area contributed by atoms with Crippen molar-refractivity contribution in [1.82, 2.24) is 4.90 Å². The predicted octanol–water partition coefficient (Wildman–Crippen LogP) is 0.751. The predicted molar refractivity (Wildman–Crippen MR) is 47.5 cm³/mol. The first kappa shape index (κ1) is 8.48. The third-order valence-electron chi connectivity index (χ3n) is 3.38. The van der Waals surface area contributed by atoms with Gasteiger partial charge in [0.15, 0.2) is 0 Å². The molecular formula is C9H18N2O. The summed E-state index contributed by atoms with van der Waals surface area (Å²) in [5.74, 6) is 5.11. The standard InChI is InChI=1S/C9H18N2O/c1-2-11-7-9(3-4-9)5-8(11)6-12-10/h8H,2-7,10H2,1H3. The van der Waals surface area contributed by atoms with Crippen LogP contribution in [0.25, 0.3) is 0 Å². The molecule has 0 aromatic carbocycles. The monoisotopic (exact) mass is 170 g/mol. The van der Waals surface area contributed by atoms with Crippen LogP contribution in [-0.4, -0.2) is 30.6 Å². The average Bonchev–Trinajstić information content (AvgIpc) is 2.70. The van der Waals surface area contributed by atoms with Gasteiger partial charge in [0.25, 0.3) is 0 Å². The van der Waals surface area contributed by atoms with Crippen molar-refractivity contribution in [3.63, 3.8) is 0 Å². The lowest BCUT2D eigenvalue weighted by Crippen LogP contribution is -2.33. The third-order valence-corrected chi connectivity index (χ3v) is 3.38. The molecule has 1 saturated carbocycles. The Kier molecular flexibility index (Phi) is 2.10. The van der Waals surface area contributed by atoms with E-state index in [1.54, 1.807) is 0 Å². The van der Waals surface area contributed by atoms with Gasteiger partial charge in [0.2, 0.25) is 0 Å². The molecule has 0 aromatic heterocycles. The van der Waals surface area contributed by atoms with Crippen LogP contribution in [0.15, 0.2) is 0 Å². The Hall–Kier alpha value is -0.120. The minimum absolute atomic E-state index is 0.586. The molecule has 0 bridgehead atoms. The summed E-state index contributed by atoms with van der Waals surface area (Å²) < 4.78 is 0. The first-order chi connectivity index (χ1) is 5.79. The van der Waals surface area contributed by atoms with Gasteiger partial charge in [-0.1, -0.05) is 6.92 Å². The maximum Gasteiger partial charge on any atom is 0.0834 e. The lowest BCUT2D eigenvalue weighted by molar-refractivity contribution is 0.0799. The van der Waals surface area contributed by atoms with Crippen LogP contribution in [-0.2, 0) is 4.84 Å². The summed E-state index contributed by atoms with van der Waals surface area (Å²) in [6, 6.07) is 0.586. The second kappa shape index (κ2) is 2.98. The van der Waals surface area contributed by atoms with E-state index >= 15 is 0 Å². The van der Waals surface area contributed by atoms with Crippen molar-refractivity contribution in [3.8, 4) is 0 Å². The summed E-state index contributed by atoms with van der Waals surface area (Å²) in [5, 5.41) is 0. The zero-order valence-corrected chi connectivity index (χ0v) is 7.75. The van der Waals surface area contributed by atoms with Crippen molar-refractivity contribution in [2.75, 3.05) is 19.7 Å². The lowest BCUT2D eigenvalue weighted by Gasteiger charge is -2.20. The van der Waals surface area contributed by atoms with Crippen LogP contribution in [0.4, 0.5) is 0 Å². The van der Waals surface area contributed by atoms with E-state index in [9.17, 15) is 0 Å². The molecule has 2 rings (SSSR count). The van der Waals surface area contributed by atoms with E-state index in [1.165, 1.54) is 25.8 Å². The molecule has 2 fully saturated rings. The van der Waals surface area contributed by atoms with Crippen molar-refractivity contribution in [1.29, 1.82) is 0 Å². The normalized spacial score (nSPS) is 33.0. The summed E-state index contributed by atoms with van der Waals surface area (Å²) in [5.41, 5.74) is 0.680. The number of hydrogen-bond donors (Lipinski definition) is 1. The molecular weight excluding hydrogens is 152 g/mol. The number of nitrogens with zero attached hydrogens (tertiary/aromatic N) is 1. The first-order valence-corrected chi connectivity index (χ1v) is 4.85. The number of hydrogen-bond acceptors (Lipinski definition) is 3. The Morgan fingerprint density at radius 1 is 1.58 bits per heavy atom. The Bertz CT molecular complexity index is 168. The molecule has 0 radical (unpaired) electrons. The summed E-state index contributed by atoms with van der Waals surface area (Å²) in [6.45, 7) is 5.33. The molecule has 2 N–H and O–H groups in total. The zero-order valence-electron chi connectivity index (χ0n) is 7.75. The second-order valence-corrected chi connectivity index (χ2v) is 4.25. The highest BCUT2D eigenvalue weighted by atomic mass is 16.6. The second-order valence-electron chi connectivity index (χ2n) is 4.25. The van der Waals surface area contributed by atoms with Crippen molar-refractivity contribution >= 4 is 0 Å². The first-order valence-electron chi connectivity index (χ1n) is 4.85. The van der Waals surface area contributed by atoms with E-state index in [0.717, 1.165) is 6.54 Å². The largest absolute Gasteiger partial charge is 0.303 e. The quantitative estimate of drug-likeness (QED) is 0.635. The highest BCUT2D eigenvalue weighted by Crippen LogP contribution is 2.54. The Morgan fingerprint density at radius 3 is 2.83 bits per heavy atom. The molecule has 1 unspecified atom stereocenters. The van der Waals surface area contributed by atoms with Gasteiger partial charge < -0.3 is 4.84 Å². The fourth-order valence-corrected chi connectivity index (χ4v) is 2.44. The van der Waals surface area contributed by atoms with E-state index in [1.807, 2.05) is 0 Å². The van der Waals surface area contributed by atoms with Gasteiger partial charge in [0, 0.05) is 12.6 Å². The minimum Gasteiger partial charge on any atom is -0.303 e. The van der Waals surface area contributed by atoms with E-state index in [4.69, 9.17) is 10.7 Å². The van der Waals surface area contributed by atoms with Gasteiger partial charge in [-0.25, -0.2) is 5.90 Å². The van der Waals surface area contributed by atoms with E-state index < -0.39 is 0 Å². The molecule has 0 amide bonds. The van der Waals surface area contributed by atoms with Gasteiger partial charge in [0.05, 0.1) is 6.61 Å². The SMILES string of the molecule is CCN1CC2(CC2)CC1CON. The van der Waals surface area contributed by atoms with E-state index in [0.29, 0.717) is 18.1 Å². The number of rotatable bonds is 3. The van der Waals surface area contributed by atoms with Crippen LogP contribution in [0.2, 0.25) is 0 Å². The van der Waals surface area contributed by atoms with E-state index in [-0.39, 0.29) is 0 Å². The van der Waals surface area contributed by atoms with Gasteiger partial charge in [0.1, 0.15) is 0 Å². The fourth-order valence-electron chi connectivity index (χ4n) is 2.44. The molecule has 1 aliphatic heterocycles. The lowest BCUT2D eigenvalue weighted by atomic mass is 10.0. The number of likely N-dealkylation sites (N-methyl/N-ethyl adjacent to an activating group) is 1. The van der Waals surface area contributed by atoms with Crippen LogP contribution in [0.3, 0.4) is 0 Å². The molecule has 2 aliphatic rings. The van der Waals surface area contributed by atoms with Crippen LogP contribution in [0.1, 0.15) is 26.2 Å². The fraction of sp³-hybridized carbons (Fsp3) is 1.00. The topological polar surface area (TPSA) is 38.5 Å². The summed E-state index contributed by atoms with van der Waals surface area (Å²) in [7, 11) is 0. The highest BCUT2D eigenvalue weighted by Gasteiger charge is 2.51. The molecule has 70 valence electrons. The van der Waals surface area contributed by atoms with E-state index in [2.05, 4.69) is 11.8 Å². The zero-order chi connectivity index (χ0) is 8.60. The molecule has 1 aliphatic carbocycles. The van der Waals surface area contributed by atoms with Crippen molar-refractivity contribution in [2.24, 2.45) is 11.3 Å². The molecule has 1 atom stereocenters. The van der Waals surface area contributed by atoms with Crippen LogP contribution < -0.4 is 5.90 Å². The maximum absolute atomic E-state index is 5.11. The van der Waals surface area contributed by atoms with Gasteiger partial charge in [-0.3, -0.25) is 4.90 Å². The molecule has 1 spiro atoms. The molecule has 1 heterocycles. The number of nitrogens with two attached hydrogens (primary N) is 1. The third kappa shape index (κ3) is 1.37. The minimum atomic E-state index is 0.586. The van der Waals surface area contributed by atoms with Gasteiger partial charge >= 0.3 is 0 Å². The van der Waals surface area contributed by atoms with Crippen LogP contribution in [0, 0.1) is 5.41 Å². The summed E-state index contributed by atoms with van der Waals surface area (Å²) in [6.07, 6.45) is 4.15. The van der Waals surface area contributed by atoms with Crippen molar-refractivity contribution in [2.45, 2.75) is 32.2 Å². The molecule has 0 aromatic rings. The Balaban J connectivity index is 1.93. The van der Waals surface area contributed by atoms with Crippen molar-refractivity contribution < 1.29 is 4.84 Å². The summed E-state index contributed by atoms with van der Waals surface area (Å²) in [4.78, 5) is 7.24. The van der Waals surface area contributed by atoms with Crippen LogP contribution in [0.5, 0.6) is 0 Å². The van der Waals surface area contributed by atoms with Gasteiger partial charge in [-0.15, -0.1) is 0 Å². The highest BCUT2D eigenvalue weighted by molar-refractivity contribution is 5.04. The average molecular weight is 170 g/mol. The van der Waals surface area contributed by atoms with Gasteiger partial charge in [-0.2, -0.15) is 0 Å². The van der Waals surface area contributed by atoms with Gasteiger partial charge in [-0.05, 0) is 31.2 Å². The number of likely N-dealkylation sites (tertiary alicyclic amines) is 1. The Labute approximate surface area is 73.8 Å². The Morgan fingerprint density at radius 2 is 2.33 bits per heavy atom. The summed E-state index contributed by atoms with van der Waals surface area (Å²) >= 11 is 0. The molecule has 1 saturated heterocycles. The smallest absolute Gasteiger partial charge is 0.0834 e.